The molecule has 1 aromatic carbocycles. The maximum absolute atomic E-state index is 11.4. The molecule has 0 bridgehead atoms. The van der Waals surface area contributed by atoms with Gasteiger partial charge < -0.3 is 5.32 Å². The molecule has 1 rings (SSSR count). The Morgan fingerprint density at radius 3 is 2.82 bits per heavy atom. The van der Waals surface area contributed by atoms with Crippen LogP contribution in [0.15, 0.2) is 35.4 Å². The largest absolute Gasteiger partial charge is 0.356 e. The lowest BCUT2D eigenvalue weighted by molar-refractivity contribution is -0.121. The van der Waals surface area contributed by atoms with Gasteiger partial charge >= 0.3 is 0 Å². The maximum atomic E-state index is 11.4. The molecule has 0 saturated heterocycles. The molecule has 0 aliphatic rings. The summed E-state index contributed by atoms with van der Waals surface area (Å²) in [5, 5.41) is 6.18. The number of carbonyl (C=O) groups excluding carboxylic acids is 1. The molecule has 0 aromatic heterocycles. The van der Waals surface area contributed by atoms with Crippen molar-refractivity contribution in [1.29, 1.82) is 0 Å². The number of rotatable bonds is 7. The molecule has 0 aliphatic carbocycles. The van der Waals surface area contributed by atoms with Gasteiger partial charge in [0.05, 0.1) is 0 Å². The van der Waals surface area contributed by atoms with E-state index >= 15 is 0 Å². The standard InChI is InChI=1S/C12H16N4O/c13-16-15-10-4-9-14-12(17)8-7-11-5-2-1-3-6-11/h1-3,5-6H,4,7-10H2,(H,14,17). The van der Waals surface area contributed by atoms with Crippen molar-refractivity contribution in [1.82, 2.24) is 5.32 Å². The van der Waals surface area contributed by atoms with Crippen molar-refractivity contribution < 1.29 is 4.79 Å². The fourth-order valence-electron chi connectivity index (χ4n) is 1.41. The first-order valence-electron chi connectivity index (χ1n) is 5.64. The number of azide groups is 1. The number of nitrogens with one attached hydrogen (secondary N) is 1. The molecule has 0 aliphatic heterocycles. The Balaban J connectivity index is 2.11. The minimum absolute atomic E-state index is 0.0368. The molecule has 0 spiro atoms. The highest BCUT2D eigenvalue weighted by Crippen LogP contribution is 2.01. The second-order valence-corrected chi connectivity index (χ2v) is 3.64. The third-order valence-corrected chi connectivity index (χ3v) is 2.30. The van der Waals surface area contributed by atoms with Gasteiger partial charge in [-0.1, -0.05) is 35.4 Å². The van der Waals surface area contributed by atoms with Gasteiger partial charge in [-0.05, 0) is 23.9 Å². The van der Waals surface area contributed by atoms with E-state index in [4.69, 9.17) is 5.53 Å². The summed E-state index contributed by atoms with van der Waals surface area (Å²) in [5.74, 6) is 0.0368. The van der Waals surface area contributed by atoms with Crippen LogP contribution in [-0.4, -0.2) is 19.0 Å². The second kappa shape index (κ2) is 8.19. The Hall–Kier alpha value is -2.00. The molecule has 0 unspecified atom stereocenters. The normalized spacial score (nSPS) is 9.41. The monoisotopic (exact) mass is 232 g/mol. The minimum atomic E-state index is 0.0368. The van der Waals surface area contributed by atoms with Crippen LogP contribution in [-0.2, 0) is 11.2 Å². The zero-order chi connectivity index (χ0) is 12.3. The van der Waals surface area contributed by atoms with Gasteiger partial charge in [0.25, 0.3) is 0 Å². The van der Waals surface area contributed by atoms with Crippen LogP contribution in [0.4, 0.5) is 0 Å². The fraction of sp³-hybridized carbons (Fsp3) is 0.417. The average Bonchev–Trinajstić information content (AvgIpc) is 2.37. The molecule has 5 heteroatoms. The molecule has 17 heavy (non-hydrogen) atoms. The number of hydrogen-bond acceptors (Lipinski definition) is 2. The van der Waals surface area contributed by atoms with Gasteiger partial charge in [0.15, 0.2) is 0 Å². The Kier molecular flexibility index (Phi) is 6.29. The van der Waals surface area contributed by atoms with E-state index in [2.05, 4.69) is 15.3 Å². The highest BCUT2D eigenvalue weighted by Gasteiger charge is 2.00. The number of hydrogen-bond donors (Lipinski definition) is 1. The second-order valence-electron chi connectivity index (χ2n) is 3.64. The van der Waals surface area contributed by atoms with Gasteiger partial charge in [0.2, 0.25) is 5.91 Å². The summed E-state index contributed by atoms with van der Waals surface area (Å²) < 4.78 is 0. The lowest BCUT2D eigenvalue weighted by atomic mass is 10.1. The smallest absolute Gasteiger partial charge is 0.220 e. The van der Waals surface area contributed by atoms with Crippen LogP contribution in [0.3, 0.4) is 0 Å². The van der Waals surface area contributed by atoms with Gasteiger partial charge in [0, 0.05) is 24.4 Å². The topological polar surface area (TPSA) is 77.9 Å². The molecular formula is C12H16N4O. The van der Waals surface area contributed by atoms with Gasteiger partial charge in [-0.25, -0.2) is 0 Å². The number of aryl methyl sites for hydroxylation is 1. The van der Waals surface area contributed by atoms with Gasteiger partial charge in [0.1, 0.15) is 0 Å². The van der Waals surface area contributed by atoms with Crippen molar-refractivity contribution in [3.05, 3.63) is 46.3 Å². The zero-order valence-corrected chi connectivity index (χ0v) is 9.67. The number of carbonyl (C=O) groups is 1. The molecule has 0 heterocycles. The molecule has 1 N–H and O–H groups in total. The lowest BCUT2D eigenvalue weighted by Crippen LogP contribution is -2.25. The summed E-state index contributed by atoms with van der Waals surface area (Å²) in [6.07, 6.45) is 1.93. The first kappa shape index (κ1) is 13.1. The summed E-state index contributed by atoms with van der Waals surface area (Å²) in [5.41, 5.74) is 9.22. The molecule has 0 fully saturated rings. The molecule has 90 valence electrons. The van der Waals surface area contributed by atoms with E-state index in [9.17, 15) is 4.79 Å². The molecule has 1 amide bonds. The van der Waals surface area contributed by atoms with E-state index in [0.29, 0.717) is 25.9 Å². The maximum Gasteiger partial charge on any atom is 0.220 e. The van der Waals surface area contributed by atoms with Crippen molar-refractivity contribution in [2.75, 3.05) is 13.1 Å². The third kappa shape index (κ3) is 6.22. The Morgan fingerprint density at radius 1 is 1.35 bits per heavy atom. The van der Waals surface area contributed by atoms with E-state index in [-0.39, 0.29) is 5.91 Å². The van der Waals surface area contributed by atoms with Crippen LogP contribution in [0.2, 0.25) is 0 Å². The van der Waals surface area contributed by atoms with Crippen LogP contribution in [0.1, 0.15) is 18.4 Å². The summed E-state index contributed by atoms with van der Waals surface area (Å²) >= 11 is 0. The van der Waals surface area contributed by atoms with Crippen LogP contribution in [0, 0.1) is 0 Å². The lowest BCUT2D eigenvalue weighted by Gasteiger charge is -2.03. The van der Waals surface area contributed by atoms with Crippen molar-refractivity contribution in [2.24, 2.45) is 5.11 Å². The van der Waals surface area contributed by atoms with Crippen LogP contribution >= 0.6 is 0 Å². The highest BCUT2D eigenvalue weighted by atomic mass is 16.1. The van der Waals surface area contributed by atoms with Crippen LogP contribution in [0.25, 0.3) is 10.4 Å². The summed E-state index contributed by atoms with van der Waals surface area (Å²) in [7, 11) is 0. The van der Waals surface area contributed by atoms with E-state index in [1.807, 2.05) is 30.3 Å². The first-order valence-corrected chi connectivity index (χ1v) is 5.64. The van der Waals surface area contributed by atoms with Gasteiger partial charge in [-0.3, -0.25) is 4.79 Å². The van der Waals surface area contributed by atoms with E-state index in [1.165, 1.54) is 0 Å². The molecule has 1 aromatic rings. The van der Waals surface area contributed by atoms with E-state index < -0.39 is 0 Å². The van der Waals surface area contributed by atoms with Gasteiger partial charge in [-0.15, -0.1) is 0 Å². The van der Waals surface area contributed by atoms with Crippen molar-refractivity contribution in [3.63, 3.8) is 0 Å². The predicted molar refractivity (Wildman–Crippen MR) is 66.4 cm³/mol. The summed E-state index contributed by atoms with van der Waals surface area (Å²) in [6, 6.07) is 9.91. The molecule has 5 nitrogen and oxygen atoms in total. The number of benzene rings is 1. The van der Waals surface area contributed by atoms with Gasteiger partial charge in [-0.2, -0.15) is 0 Å². The van der Waals surface area contributed by atoms with Crippen molar-refractivity contribution >= 4 is 5.91 Å². The average molecular weight is 232 g/mol. The SMILES string of the molecule is [N-]=[N+]=NCCCNC(=O)CCc1ccccc1. The highest BCUT2D eigenvalue weighted by molar-refractivity contribution is 5.76. The number of amides is 1. The van der Waals surface area contributed by atoms with Crippen molar-refractivity contribution in [2.45, 2.75) is 19.3 Å². The quantitative estimate of drug-likeness (QED) is 0.333. The van der Waals surface area contributed by atoms with Crippen LogP contribution in [0.5, 0.6) is 0 Å². The fourth-order valence-corrected chi connectivity index (χ4v) is 1.41. The van der Waals surface area contributed by atoms with Crippen LogP contribution < -0.4 is 5.32 Å². The van der Waals surface area contributed by atoms with E-state index in [1.54, 1.807) is 0 Å². The third-order valence-electron chi connectivity index (χ3n) is 2.30. The van der Waals surface area contributed by atoms with E-state index in [0.717, 1.165) is 12.0 Å². The minimum Gasteiger partial charge on any atom is -0.356 e. The molecule has 0 atom stereocenters. The molecule has 0 radical (unpaired) electrons. The number of nitrogens with zero attached hydrogens (tertiary/aromatic N) is 3. The van der Waals surface area contributed by atoms with Crippen molar-refractivity contribution in [3.8, 4) is 0 Å². The Bertz CT molecular complexity index is 385. The summed E-state index contributed by atoms with van der Waals surface area (Å²) in [6.45, 7) is 0.988. The Morgan fingerprint density at radius 2 is 2.12 bits per heavy atom. The summed E-state index contributed by atoms with van der Waals surface area (Å²) in [4.78, 5) is 14.1. The molecular weight excluding hydrogens is 216 g/mol. The Labute approximate surface area is 100 Å². The first-order chi connectivity index (χ1) is 8.33. The molecule has 0 saturated carbocycles. The predicted octanol–water partition coefficient (Wildman–Crippen LogP) is 2.44. The zero-order valence-electron chi connectivity index (χ0n) is 9.67.